The van der Waals surface area contributed by atoms with E-state index in [2.05, 4.69) is 6.58 Å². The second kappa shape index (κ2) is 11.0. The van der Waals surface area contributed by atoms with Crippen molar-refractivity contribution in [1.82, 2.24) is 9.80 Å². The second-order valence-electron chi connectivity index (χ2n) is 7.37. The number of rotatable bonds is 9. The van der Waals surface area contributed by atoms with Gasteiger partial charge in [0.25, 0.3) is 5.91 Å². The minimum Gasteiger partial charge on any atom is -0.332 e. The smallest absolute Gasteiger partial charge is 0.332 e. The molecule has 3 aromatic rings. The highest BCUT2D eigenvalue weighted by Gasteiger charge is 2.31. The van der Waals surface area contributed by atoms with E-state index in [4.69, 9.17) is 0 Å². The van der Waals surface area contributed by atoms with Crippen LogP contribution in [0.4, 0.5) is 13.2 Å². The summed E-state index contributed by atoms with van der Waals surface area (Å²) in [5, 5.41) is 1.92. The lowest BCUT2D eigenvalue weighted by molar-refractivity contribution is -0.137. The van der Waals surface area contributed by atoms with Crippen molar-refractivity contribution in [2.75, 3.05) is 13.1 Å². The number of carbonyl (C=O) groups is 2. The third-order valence-corrected chi connectivity index (χ3v) is 5.76. The SMILES string of the molecule is C=CCN(CC(=O)N(Cc1ccccc1)Cc1cccs1)C(=O)c1cccc(C(F)(F)F)c1. The number of alkyl halides is 3. The molecule has 0 saturated carbocycles. The quantitative estimate of drug-likeness (QED) is 0.379. The monoisotopic (exact) mass is 472 g/mol. The number of amides is 2. The normalized spacial score (nSPS) is 11.1. The minimum atomic E-state index is -4.57. The van der Waals surface area contributed by atoms with Crippen molar-refractivity contribution >= 4 is 23.2 Å². The van der Waals surface area contributed by atoms with Crippen LogP contribution in [0.1, 0.15) is 26.4 Å². The Hall–Kier alpha value is -3.39. The third-order valence-electron chi connectivity index (χ3n) is 4.90. The number of carbonyl (C=O) groups excluding carboxylic acids is 2. The van der Waals surface area contributed by atoms with Gasteiger partial charge >= 0.3 is 6.18 Å². The first-order valence-corrected chi connectivity index (χ1v) is 11.1. The summed E-state index contributed by atoms with van der Waals surface area (Å²) in [5.41, 5.74) is -0.115. The maximum atomic E-state index is 13.2. The fourth-order valence-corrected chi connectivity index (χ4v) is 4.00. The molecule has 4 nitrogen and oxygen atoms in total. The topological polar surface area (TPSA) is 40.6 Å². The molecular formula is C25H23F3N2O2S. The Morgan fingerprint density at radius 1 is 0.939 bits per heavy atom. The van der Waals surface area contributed by atoms with Gasteiger partial charge < -0.3 is 9.80 Å². The van der Waals surface area contributed by atoms with Crippen LogP contribution < -0.4 is 0 Å². The van der Waals surface area contributed by atoms with Crippen LogP contribution in [0, 0.1) is 0 Å². The van der Waals surface area contributed by atoms with Crippen LogP contribution in [0.3, 0.4) is 0 Å². The predicted molar refractivity (Wildman–Crippen MR) is 123 cm³/mol. The first-order chi connectivity index (χ1) is 15.8. The van der Waals surface area contributed by atoms with Crippen molar-refractivity contribution in [1.29, 1.82) is 0 Å². The first kappa shape index (κ1) is 24.3. The number of halogens is 3. The molecule has 8 heteroatoms. The summed E-state index contributed by atoms with van der Waals surface area (Å²) in [6.45, 7) is 4.08. The summed E-state index contributed by atoms with van der Waals surface area (Å²) in [6, 6.07) is 17.5. The van der Waals surface area contributed by atoms with Gasteiger partial charge in [0.05, 0.1) is 12.1 Å². The molecule has 0 saturated heterocycles. The molecule has 0 aliphatic carbocycles. The predicted octanol–water partition coefficient (Wildman–Crippen LogP) is 5.62. The molecule has 0 atom stereocenters. The molecule has 0 N–H and O–H groups in total. The largest absolute Gasteiger partial charge is 0.416 e. The number of nitrogens with zero attached hydrogens (tertiary/aromatic N) is 2. The summed E-state index contributed by atoms with van der Waals surface area (Å²) >= 11 is 1.52. The van der Waals surface area contributed by atoms with Crippen molar-refractivity contribution in [3.05, 3.63) is 106 Å². The van der Waals surface area contributed by atoms with Gasteiger partial charge in [-0.3, -0.25) is 9.59 Å². The lowest BCUT2D eigenvalue weighted by Gasteiger charge is -2.27. The standard InChI is InChI=1S/C25H23F3N2O2S/c1-2-13-29(24(32)20-10-6-11-21(15-20)25(26,27)28)18-23(31)30(17-22-12-7-14-33-22)16-19-8-4-3-5-9-19/h2-12,14-15H,1,13,16-18H2. The highest BCUT2D eigenvalue weighted by Crippen LogP contribution is 2.29. The Kier molecular flexibility index (Phi) is 8.06. The van der Waals surface area contributed by atoms with E-state index >= 15 is 0 Å². The molecule has 0 aliphatic rings. The molecule has 0 unspecified atom stereocenters. The maximum Gasteiger partial charge on any atom is 0.416 e. The summed E-state index contributed by atoms with van der Waals surface area (Å²) in [5.74, 6) is -0.973. The Balaban J connectivity index is 1.81. The van der Waals surface area contributed by atoms with E-state index in [0.717, 1.165) is 22.6 Å². The fourth-order valence-electron chi connectivity index (χ4n) is 3.28. The highest BCUT2D eigenvalue weighted by atomic mass is 32.1. The molecule has 1 heterocycles. The Labute approximate surface area is 194 Å². The van der Waals surface area contributed by atoms with E-state index < -0.39 is 17.6 Å². The summed E-state index contributed by atoms with van der Waals surface area (Å²) in [7, 11) is 0. The number of benzene rings is 2. The van der Waals surface area contributed by atoms with E-state index in [9.17, 15) is 22.8 Å². The van der Waals surface area contributed by atoms with Gasteiger partial charge in [-0.25, -0.2) is 0 Å². The molecule has 0 aliphatic heterocycles. The fraction of sp³-hybridized carbons (Fsp3) is 0.200. The Bertz CT molecular complexity index is 1080. The average molecular weight is 473 g/mol. The zero-order chi connectivity index (χ0) is 23.8. The lowest BCUT2D eigenvalue weighted by atomic mass is 10.1. The number of thiophene rings is 1. The molecule has 1 aromatic heterocycles. The third kappa shape index (κ3) is 6.79. The highest BCUT2D eigenvalue weighted by molar-refractivity contribution is 7.09. The lowest BCUT2D eigenvalue weighted by Crippen LogP contribution is -2.42. The van der Waals surface area contributed by atoms with Gasteiger partial charge in [0.1, 0.15) is 6.54 Å². The summed E-state index contributed by atoms with van der Waals surface area (Å²) in [4.78, 5) is 30.1. The first-order valence-electron chi connectivity index (χ1n) is 10.2. The van der Waals surface area contributed by atoms with Gasteiger partial charge in [0, 0.05) is 23.5 Å². The van der Waals surface area contributed by atoms with Crippen molar-refractivity contribution in [3.8, 4) is 0 Å². The van der Waals surface area contributed by atoms with Crippen LogP contribution in [0.2, 0.25) is 0 Å². The van der Waals surface area contributed by atoms with E-state index in [0.29, 0.717) is 13.1 Å². The van der Waals surface area contributed by atoms with Gasteiger partial charge in [-0.1, -0.05) is 48.5 Å². The van der Waals surface area contributed by atoms with Crippen molar-refractivity contribution in [3.63, 3.8) is 0 Å². The van der Waals surface area contributed by atoms with Crippen LogP contribution >= 0.6 is 11.3 Å². The molecule has 33 heavy (non-hydrogen) atoms. The molecule has 3 rings (SSSR count). The van der Waals surface area contributed by atoms with Crippen LogP contribution in [0.5, 0.6) is 0 Å². The van der Waals surface area contributed by atoms with Crippen molar-refractivity contribution in [2.24, 2.45) is 0 Å². The van der Waals surface area contributed by atoms with Crippen molar-refractivity contribution in [2.45, 2.75) is 19.3 Å². The second-order valence-corrected chi connectivity index (χ2v) is 8.40. The van der Waals surface area contributed by atoms with E-state index in [1.54, 1.807) is 4.90 Å². The van der Waals surface area contributed by atoms with Gasteiger partial charge in [0.2, 0.25) is 5.91 Å². The van der Waals surface area contributed by atoms with Crippen molar-refractivity contribution < 1.29 is 22.8 Å². The van der Waals surface area contributed by atoms with E-state index in [-0.39, 0.29) is 24.6 Å². The average Bonchev–Trinajstić information content (AvgIpc) is 3.31. The summed E-state index contributed by atoms with van der Waals surface area (Å²) in [6.07, 6.45) is -3.12. The van der Waals surface area contributed by atoms with Gasteiger partial charge in [0.15, 0.2) is 0 Å². The molecule has 0 fully saturated rings. The zero-order valence-corrected chi connectivity index (χ0v) is 18.6. The molecule has 172 valence electrons. The molecule has 0 spiro atoms. The maximum absolute atomic E-state index is 13.2. The molecule has 0 bridgehead atoms. The van der Waals surface area contributed by atoms with Crippen LogP contribution in [-0.4, -0.2) is 34.7 Å². The number of hydrogen-bond donors (Lipinski definition) is 0. The Morgan fingerprint density at radius 3 is 2.33 bits per heavy atom. The molecule has 2 amide bonds. The van der Waals surface area contributed by atoms with Crippen LogP contribution in [-0.2, 0) is 24.1 Å². The summed E-state index contributed by atoms with van der Waals surface area (Å²) < 4.78 is 39.2. The number of hydrogen-bond acceptors (Lipinski definition) is 3. The molecule has 0 radical (unpaired) electrons. The van der Waals surface area contributed by atoms with Gasteiger partial charge in [-0.05, 0) is 35.2 Å². The van der Waals surface area contributed by atoms with E-state index in [1.807, 2.05) is 47.8 Å². The van der Waals surface area contributed by atoms with Gasteiger partial charge in [-0.15, -0.1) is 17.9 Å². The van der Waals surface area contributed by atoms with Crippen LogP contribution in [0.15, 0.2) is 84.8 Å². The molecular weight excluding hydrogens is 449 g/mol. The zero-order valence-electron chi connectivity index (χ0n) is 17.8. The van der Waals surface area contributed by atoms with Crippen LogP contribution in [0.25, 0.3) is 0 Å². The van der Waals surface area contributed by atoms with Gasteiger partial charge in [-0.2, -0.15) is 13.2 Å². The molecule has 2 aromatic carbocycles. The Morgan fingerprint density at radius 2 is 1.70 bits per heavy atom. The minimum absolute atomic E-state index is 0.0268. The van der Waals surface area contributed by atoms with E-state index in [1.165, 1.54) is 34.4 Å².